The third-order valence-electron chi connectivity index (χ3n) is 4.15. The van der Waals surface area contributed by atoms with E-state index in [0.29, 0.717) is 17.2 Å². The first-order chi connectivity index (χ1) is 13.6. The summed E-state index contributed by atoms with van der Waals surface area (Å²) in [6.07, 6.45) is 3.03. The van der Waals surface area contributed by atoms with E-state index in [1.807, 2.05) is 18.2 Å². The molecule has 2 N–H and O–H groups in total. The summed E-state index contributed by atoms with van der Waals surface area (Å²) in [7, 11) is 0. The molecule has 0 saturated heterocycles. The highest BCUT2D eigenvalue weighted by Gasteiger charge is 2.15. The molecule has 0 fully saturated rings. The highest BCUT2D eigenvalue weighted by molar-refractivity contribution is 6.08. The molecule has 28 heavy (non-hydrogen) atoms. The molecule has 4 aromatic rings. The molecule has 2 aromatic carbocycles. The summed E-state index contributed by atoms with van der Waals surface area (Å²) in [5, 5.41) is 9.77. The third kappa shape index (κ3) is 3.52. The molecule has 0 spiro atoms. The Morgan fingerprint density at radius 2 is 1.75 bits per heavy atom. The van der Waals surface area contributed by atoms with Crippen LogP contribution < -0.4 is 10.6 Å². The fourth-order valence-electron chi connectivity index (χ4n) is 2.73. The van der Waals surface area contributed by atoms with Crippen molar-refractivity contribution in [3.63, 3.8) is 0 Å². The van der Waals surface area contributed by atoms with E-state index in [0.717, 1.165) is 0 Å². The van der Waals surface area contributed by atoms with Gasteiger partial charge in [0, 0.05) is 24.0 Å². The minimum Gasteiger partial charge on any atom is -0.366 e. The first kappa shape index (κ1) is 17.6. The number of halogens is 2. The molecular formula is C20H15F2N5O. The van der Waals surface area contributed by atoms with Crippen LogP contribution in [0.25, 0.3) is 5.65 Å². The Bertz CT molecular complexity index is 1120. The van der Waals surface area contributed by atoms with Gasteiger partial charge in [0.15, 0.2) is 5.65 Å². The standard InChI is InChI=1S/C20H15F2N5O/c21-16-7-4-8-17(22)14(16)11-23-18-9-10-27-19(26-18)15(12-24-27)20(28)25-13-5-2-1-3-6-13/h1-10,12H,11H2,(H,23,26)(H,25,28). The smallest absolute Gasteiger partial charge is 0.261 e. The molecule has 2 aromatic heterocycles. The molecule has 6 nitrogen and oxygen atoms in total. The molecule has 0 aliphatic carbocycles. The van der Waals surface area contributed by atoms with E-state index in [4.69, 9.17) is 0 Å². The number of nitrogens with one attached hydrogen (secondary N) is 2. The topological polar surface area (TPSA) is 71.3 Å². The molecule has 4 rings (SSSR count). The van der Waals surface area contributed by atoms with Crippen LogP contribution >= 0.6 is 0 Å². The van der Waals surface area contributed by atoms with Crippen molar-refractivity contribution < 1.29 is 13.6 Å². The number of aromatic nitrogens is 3. The van der Waals surface area contributed by atoms with Gasteiger partial charge in [0.05, 0.1) is 6.20 Å². The second kappa shape index (κ2) is 7.43. The second-order valence-electron chi connectivity index (χ2n) is 6.01. The Hall–Kier alpha value is -3.81. The SMILES string of the molecule is O=C(Nc1ccccc1)c1cnn2ccc(NCc3c(F)cccc3F)nc12. The third-order valence-corrected chi connectivity index (χ3v) is 4.15. The summed E-state index contributed by atoms with van der Waals surface area (Å²) in [4.78, 5) is 16.9. The number of rotatable bonds is 5. The molecule has 0 atom stereocenters. The maximum atomic E-state index is 13.8. The number of fused-ring (bicyclic) bond motifs is 1. The largest absolute Gasteiger partial charge is 0.366 e. The molecule has 0 bridgehead atoms. The number of carbonyl (C=O) groups is 1. The van der Waals surface area contributed by atoms with Crippen molar-refractivity contribution in [1.82, 2.24) is 14.6 Å². The van der Waals surface area contributed by atoms with Crippen LogP contribution in [0.2, 0.25) is 0 Å². The number of para-hydroxylation sites is 1. The van der Waals surface area contributed by atoms with Gasteiger partial charge in [-0.15, -0.1) is 0 Å². The second-order valence-corrected chi connectivity index (χ2v) is 6.01. The monoisotopic (exact) mass is 379 g/mol. The number of hydrogen-bond donors (Lipinski definition) is 2. The van der Waals surface area contributed by atoms with E-state index in [9.17, 15) is 13.6 Å². The number of carbonyl (C=O) groups excluding carboxylic acids is 1. The van der Waals surface area contributed by atoms with Crippen LogP contribution in [-0.4, -0.2) is 20.5 Å². The molecule has 2 heterocycles. The normalized spacial score (nSPS) is 10.8. The lowest BCUT2D eigenvalue weighted by molar-refractivity contribution is 0.102. The number of nitrogens with zero attached hydrogens (tertiary/aromatic N) is 3. The van der Waals surface area contributed by atoms with Crippen molar-refractivity contribution in [2.75, 3.05) is 10.6 Å². The quantitative estimate of drug-likeness (QED) is 0.552. The molecule has 0 unspecified atom stereocenters. The van der Waals surface area contributed by atoms with Gasteiger partial charge in [0.1, 0.15) is 23.0 Å². The van der Waals surface area contributed by atoms with E-state index in [1.165, 1.54) is 28.9 Å². The predicted molar refractivity (Wildman–Crippen MR) is 101 cm³/mol. The van der Waals surface area contributed by atoms with E-state index in [-0.39, 0.29) is 23.6 Å². The van der Waals surface area contributed by atoms with E-state index < -0.39 is 11.6 Å². The summed E-state index contributed by atoms with van der Waals surface area (Å²) >= 11 is 0. The summed E-state index contributed by atoms with van der Waals surface area (Å²) in [6.45, 7) is -0.0820. The first-order valence-electron chi connectivity index (χ1n) is 8.49. The lowest BCUT2D eigenvalue weighted by atomic mass is 10.2. The van der Waals surface area contributed by atoms with Gasteiger partial charge >= 0.3 is 0 Å². The van der Waals surface area contributed by atoms with Crippen molar-refractivity contribution in [2.24, 2.45) is 0 Å². The minimum atomic E-state index is -0.638. The zero-order valence-electron chi connectivity index (χ0n) is 14.6. The number of amides is 1. The van der Waals surface area contributed by atoms with Crippen LogP contribution in [0.1, 0.15) is 15.9 Å². The number of anilines is 2. The maximum Gasteiger partial charge on any atom is 0.261 e. The van der Waals surface area contributed by atoms with Gasteiger partial charge in [0.25, 0.3) is 5.91 Å². The molecule has 1 amide bonds. The zero-order valence-corrected chi connectivity index (χ0v) is 14.6. The van der Waals surface area contributed by atoms with Gasteiger partial charge in [-0.3, -0.25) is 4.79 Å². The van der Waals surface area contributed by atoms with Crippen LogP contribution in [0.15, 0.2) is 67.0 Å². The van der Waals surface area contributed by atoms with Crippen LogP contribution in [0.3, 0.4) is 0 Å². The number of benzene rings is 2. The molecule has 0 radical (unpaired) electrons. The fourth-order valence-corrected chi connectivity index (χ4v) is 2.73. The molecule has 0 aliphatic heterocycles. The lowest BCUT2D eigenvalue weighted by Gasteiger charge is -2.08. The van der Waals surface area contributed by atoms with Gasteiger partial charge in [-0.05, 0) is 30.3 Å². The molecule has 0 aliphatic rings. The van der Waals surface area contributed by atoms with E-state index >= 15 is 0 Å². The van der Waals surface area contributed by atoms with Crippen molar-refractivity contribution in [3.05, 3.63) is 89.8 Å². The Balaban J connectivity index is 1.57. The van der Waals surface area contributed by atoms with Gasteiger partial charge < -0.3 is 10.6 Å². The number of hydrogen-bond acceptors (Lipinski definition) is 4. The predicted octanol–water partition coefficient (Wildman–Crippen LogP) is 3.87. The van der Waals surface area contributed by atoms with E-state index in [1.54, 1.807) is 24.4 Å². The van der Waals surface area contributed by atoms with Crippen LogP contribution in [0.5, 0.6) is 0 Å². The highest BCUT2D eigenvalue weighted by atomic mass is 19.1. The summed E-state index contributed by atoms with van der Waals surface area (Å²) in [5.74, 6) is -1.27. The molecule has 140 valence electrons. The highest BCUT2D eigenvalue weighted by Crippen LogP contribution is 2.17. The van der Waals surface area contributed by atoms with Crippen molar-refractivity contribution >= 4 is 23.1 Å². The molecule has 0 saturated carbocycles. The maximum absolute atomic E-state index is 13.8. The Morgan fingerprint density at radius 3 is 2.50 bits per heavy atom. The Labute approximate surface area is 158 Å². The van der Waals surface area contributed by atoms with Gasteiger partial charge in [0.2, 0.25) is 0 Å². The van der Waals surface area contributed by atoms with Crippen molar-refractivity contribution in [2.45, 2.75) is 6.54 Å². The summed E-state index contributed by atoms with van der Waals surface area (Å²) in [5.41, 5.74) is 1.17. The van der Waals surface area contributed by atoms with Gasteiger partial charge in [-0.25, -0.2) is 18.3 Å². The van der Waals surface area contributed by atoms with Crippen LogP contribution in [0.4, 0.5) is 20.3 Å². The average Bonchev–Trinajstić information content (AvgIpc) is 3.12. The van der Waals surface area contributed by atoms with E-state index in [2.05, 4.69) is 20.7 Å². The average molecular weight is 379 g/mol. The lowest BCUT2D eigenvalue weighted by Crippen LogP contribution is -2.12. The van der Waals surface area contributed by atoms with Crippen LogP contribution in [-0.2, 0) is 6.54 Å². The molecule has 8 heteroatoms. The Morgan fingerprint density at radius 1 is 1.00 bits per heavy atom. The Kier molecular flexibility index (Phi) is 4.67. The fraction of sp³-hybridized carbons (Fsp3) is 0.0500. The minimum absolute atomic E-state index is 0.0820. The van der Waals surface area contributed by atoms with Gasteiger partial charge in [-0.2, -0.15) is 5.10 Å². The summed E-state index contributed by atoms with van der Waals surface area (Å²) in [6, 6.07) is 14.3. The molecular weight excluding hydrogens is 364 g/mol. The first-order valence-corrected chi connectivity index (χ1v) is 8.49. The van der Waals surface area contributed by atoms with Gasteiger partial charge in [-0.1, -0.05) is 24.3 Å². The zero-order chi connectivity index (χ0) is 19.5. The summed E-state index contributed by atoms with van der Waals surface area (Å²) < 4.78 is 29.0. The van der Waals surface area contributed by atoms with Crippen LogP contribution in [0, 0.1) is 11.6 Å². The van der Waals surface area contributed by atoms with Crippen molar-refractivity contribution in [1.29, 1.82) is 0 Å². The van der Waals surface area contributed by atoms with Crippen molar-refractivity contribution in [3.8, 4) is 0 Å².